The van der Waals surface area contributed by atoms with Crippen LogP contribution in [0, 0.1) is 11.8 Å². The lowest BCUT2D eigenvalue weighted by Crippen LogP contribution is -2.36. The summed E-state index contributed by atoms with van der Waals surface area (Å²) in [4.78, 5) is 0.175. The van der Waals surface area contributed by atoms with Gasteiger partial charge in [-0.3, -0.25) is 4.31 Å². The molecule has 180 valence electrons. The van der Waals surface area contributed by atoms with E-state index in [0.29, 0.717) is 35.9 Å². The standard InChI is InChI=1S/C26H35NO5S/c1-4-19-5-7-21(8-6-19)27(17-18(2)3)33(29,30)22-9-10-25-23(15-22)24(28)16-26(32-25)20-11-13-31-14-12-20/h5-10,15,18,20,24,26,28H,4,11-14,16-17H2,1-3H3. The van der Waals surface area contributed by atoms with Gasteiger partial charge < -0.3 is 14.6 Å². The fourth-order valence-electron chi connectivity index (χ4n) is 4.69. The number of hydrogen-bond donors (Lipinski definition) is 1. The number of nitrogens with zero attached hydrogens (tertiary/aromatic N) is 1. The lowest BCUT2D eigenvalue weighted by atomic mass is 9.87. The van der Waals surface area contributed by atoms with Crippen LogP contribution in [0.3, 0.4) is 0 Å². The molecule has 0 saturated carbocycles. The SMILES string of the molecule is CCc1ccc(N(CC(C)C)S(=O)(=O)c2ccc3c(c2)C(O)CC(C2CCOCC2)O3)cc1. The van der Waals surface area contributed by atoms with E-state index in [9.17, 15) is 13.5 Å². The quantitative estimate of drug-likeness (QED) is 0.630. The van der Waals surface area contributed by atoms with Gasteiger partial charge in [0.05, 0.1) is 16.7 Å². The molecule has 1 N–H and O–H groups in total. The Morgan fingerprint density at radius 3 is 2.42 bits per heavy atom. The molecular weight excluding hydrogens is 438 g/mol. The van der Waals surface area contributed by atoms with Gasteiger partial charge in [0.2, 0.25) is 0 Å². The summed E-state index contributed by atoms with van der Waals surface area (Å²) in [7, 11) is -3.81. The van der Waals surface area contributed by atoms with Crippen LogP contribution >= 0.6 is 0 Å². The lowest BCUT2D eigenvalue weighted by Gasteiger charge is -2.36. The number of anilines is 1. The number of ether oxygens (including phenoxy) is 2. The number of sulfonamides is 1. The lowest BCUT2D eigenvalue weighted by molar-refractivity contribution is -0.0151. The van der Waals surface area contributed by atoms with Crippen molar-refractivity contribution in [3.05, 3.63) is 53.6 Å². The molecule has 2 atom stereocenters. The Hall–Kier alpha value is -2.09. The van der Waals surface area contributed by atoms with Crippen molar-refractivity contribution in [2.45, 2.75) is 63.6 Å². The smallest absolute Gasteiger partial charge is 0.264 e. The predicted molar refractivity (Wildman–Crippen MR) is 129 cm³/mol. The minimum absolute atomic E-state index is 0.0756. The molecule has 4 rings (SSSR count). The highest BCUT2D eigenvalue weighted by Gasteiger charge is 2.35. The van der Waals surface area contributed by atoms with E-state index in [4.69, 9.17) is 9.47 Å². The molecule has 2 aliphatic rings. The fraction of sp³-hybridized carbons (Fsp3) is 0.538. The maximum atomic E-state index is 13.7. The van der Waals surface area contributed by atoms with Crippen LogP contribution < -0.4 is 9.04 Å². The molecular formula is C26H35NO5S. The maximum absolute atomic E-state index is 13.7. The van der Waals surface area contributed by atoms with Gasteiger partial charge in [-0.25, -0.2) is 8.42 Å². The molecule has 1 saturated heterocycles. The van der Waals surface area contributed by atoms with Crippen LogP contribution in [0.1, 0.15) is 57.3 Å². The first-order valence-electron chi connectivity index (χ1n) is 12.0. The van der Waals surface area contributed by atoms with Gasteiger partial charge in [-0.2, -0.15) is 0 Å². The Balaban J connectivity index is 1.63. The Labute approximate surface area is 197 Å². The first kappa shape index (κ1) is 24.0. The van der Waals surface area contributed by atoms with E-state index in [1.165, 1.54) is 4.31 Å². The highest BCUT2D eigenvalue weighted by atomic mass is 32.2. The second-order valence-electron chi connectivity index (χ2n) is 9.51. The molecule has 0 aliphatic carbocycles. The topological polar surface area (TPSA) is 76.1 Å². The number of aliphatic hydroxyl groups excluding tert-OH is 1. The van der Waals surface area contributed by atoms with Gasteiger partial charge >= 0.3 is 0 Å². The third kappa shape index (κ3) is 5.20. The zero-order valence-electron chi connectivity index (χ0n) is 19.7. The van der Waals surface area contributed by atoms with Crippen molar-refractivity contribution in [3.8, 4) is 5.75 Å². The Morgan fingerprint density at radius 1 is 1.09 bits per heavy atom. The van der Waals surface area contributed by atoms with Crippen LogP contribution in [0.2, 0.25) is 0 Å². The van der Waals surface area contributed by atoms with E-state index in [1.54, 1.807) is 18.2 Å². The number of benzene rings is 2. The molecule has 0 radical (unpaired) electrons. The van der Waals surface area contributed by atoms with Crippen molar-refractivity contribution >= 4 is 15.7 Å². The second kappa shape index (κ2) is 10.0. The van der Waals surface area contributed by atoms with Crippen molar-refractivity contribution in [1.82, 2.24) is 0 Å². The first-order chi connectivity index (χ1) is 15.8. The minimum atomic E-state index is -3.81. The van der Waals surface area contributed by atoms with Gasteiger partial charge in [0.25, 0.3) is 10.0 Å². The van der Waals surface area contributed by atoms with E-state index >= 15 is 0 Å². The van der Waals surface area contributed by atoms with Gasteiger partial charge in [0, 0.05) is 37.7 Å². The Bertz CT molecular complexity index is 1040. The van der Waals surface area contributed by atoms with Crippen LogP contribution in [0.25, 0.3) is 0 Å². The molecule has 2 heterocycles. The van der Waals surface area contributed by atoms with Gasteiger partial charge in [-0.15, -0.1) is 0 Å². The highest BCUT2D eigenvalue weighted by molar-refractivity contribution is 7.92. The Kier molecular flexibility index (Phi) is 7.31. The molecule has 2 aromatic carbocycles. The zero-order chi connectivity index (χ0) is 23.6. The van der Waals surface area contributed by atoms with E-state index in [1.807, 2.05) is 38.1 Å². The largest absolute Gasteiger partial charge is 0.490 e. The summed E-state index contributed by atoms with van der Waals surface area (Å²) in [5, 5.41) is 10.9. The summed E-state index contributed by atoms with van der Waals surface area (Å²) in [6, 6.07) is 12.6. The molecule has 33 heavy (non-hydrogen) atoms. The maximum Gasteiger partial charge on any atom is 0.264 e. The molecule has 0 spiro atoms. The zero-order valence-corrected chi connectivity index (χ0v) is 20.6. The number of hydrogen-bond acceptors (Lipinski definition) is 5. The van der Waals surface area contributed by atoms with Crippen molar-refractivity contribution in [3.63, 3.8) is 0 Å². The summed E-state index contributed by atoms with van der Waals surface area (Å²) >= 11 is 0. The number of rotatable bonds is 7. The van der Waals surface area contributed by atoms with Crippen LogP contribution in [-0.4, -0.2) is 39.4 Å². The monoisotopic (exact) mass is 473 g/mol. The first-order valence-corrected chi connectivity index (χ1v) is 13.4. The van der Waals surface area contributed by atoms with Crippen molar-refractivity contribution in [1.29, 1.82) is 0 Å². The number of aliphatic hydroxyl groups is 1. The normalized spacial score (nSPS) is 21.5. The second-order valence-corrected chi connectivity index (χ2v) is 11.4. The van der Waals surface area contributed by atoms with Crippen LogP contribution in [0.5, 0.6) is 5.75 Å². The summed E-state index contributed by atoms with van der Waals surface area (Å²) < 4.78 is 40.6. The number of fused-ring (bicyclic) bond motifs is 1. The molecule has 2 unspecified atom stereocenters. The third-order valence-corrected chi connectivity index (χ3v) is 8.41. The average molecular weight is 474 g/mol. The molecule has 0 amide bonds. The summed E-state index contributed by atoms with van der Waals surface area (Å²) in [6.07, 6.45) is 2.37. The molecule has 0 bridgehead atoms. The fourth-order valence-corrected chi connectivity index (χ4v) is 6.35. The summed E-state index contributed by atoms with van der Waals surface area (Å²) in [5.74, 6) is 1.07. The van der Waals surface area contributed by atoms with Crippen LogP contribution in [0.4, 0.5) is 5.69 Å². The van der Waals surface area contributed by atoms with Crippen molar-refractivity contribution in [2.24, 2.45) is 11.8 Å². The van der Waals surface area contributed by atoms with Crippen LogP contribution in [0.15, 0.2) is 47.4 Å². The Morgan fingerprint density at radius 2 is 1.79 bits per heavy atom. The van der Waals surface area contributed by atoms with Crippen molar-refractivity contribution < 1.29 is 23.0 Å². The molecule has 2 aromatic rings. The van der Waals surface area contributed by atoms with Crippen LogP contribution in [-0.2, 0) is 21.2 Å². The van der Waals surface area contributed by atoms with E-state index < -0.39 is 16.1 Å². The average Bonchev–Trinajstić information content (AvgIpc) is 2.82. The van der Waals surface area contributed by atoms with Gasteiger partial charge in [-0.05, 0) is 61.1 Å². The molecule has 6 nitrogen and oxygen atoms in total. The van der Waals surface area contributed by atoms with E-state index in [0.717, 1.165) is 38.0 Å². The molecule has 7 heteroatoms. The number of aryl methyl sites for hydroxylation is 1. The third-order valence-electron chi connectivity index (χ3n) is 6.62. The highest BCUT2D eigenvalue weighted by Crippen LogP contribution is 2.40. The van der Waals surface area contributed by atoms with Crippen molar-refractivity contribution in [2.75, 3.05) is 24.1 Å². The molecule has 2 aliphatic heterocycles. The predicted octanol–water partition coefficient (Wildman–Crippen LogP) is 4.71. The minimum Gasteiger partial charge on any atom is -0.490 e. The van der Waals surface area contributed by atoms with Gasteiger partial charge in [0.15, 0.2) is 0 Å². The summed E-state index contributed by atoms with van der Waals surface area (Å²) in [5.41, 5.74) is 2.36. The van der Waals surface area contributed by atoms with E-state index in [2.05, 4.69) is 6.92 Å². The molecule has 1 fully saturated rings. The van der Waals surface area contributed by atoms with E-state index in [-0.39, 0.29) is 16.9 Å². The summed E-state index contributed by atoms with van der Waals surface area (Å²) in [6.45, 7) is 7.89. The molecule has 0 aromatic heterocycles. The van der Waals surface area contributed by atoms with Gasteiger partial charge in [0.1, 0.15) is 11.9 Å². The van der Waals surface area contributed by atoms with Gasteiger partial charge in [-0.1, -0.05) is 32.9 Å².